The van der Waals surface area contributed by atoms with Crippen LogP contribution in [0.1, 0.15) is 35.3 Å². The number of carbonyl (C=O) groups is 4. The number of nitrogens with zero attached hydrogens (tertiary/aromatic N) is 2. The zero-order valence-electron chi connectivity index (χ0n) is 17.7. The van der Waals surface area contributed by atoms with Gasteiger partial charge in [-0.3, -0.25) is 39.7 Å². The molecule has 33 heavy (non-hydrogen) atoms. The number of para-hydroxylation sites is 1. The molecule has 0 bridgehead atoms. The number of hydrogen-bond acceptors (Lipinski definition) is 7. The van der Waals surface area contributed by atoms with Gasteiger partial charge in [-0.2, -0.15) is 0 Å². The number of hydrazine groups is 1. The summed E-state index contributed by atoms with van der Waals surface area (Å²) in [7, 11) is 0. The van der Waals surface area contributed by atoms with Crippen LogP contribution in [0.15, 0.2) is 54.6 Å². The van der Waals surface area contributed by atoms with E-state index in [-0.39, 0.29) is 24.6 Å². The fraction of sp³-hybridized carbons (Fsp3) is 0.273. The summed E-state index contributed by atoms with van der Waals surface area (Å²) in [5, 5.41) is 14.7. The molecule has 1 aliphatic heterocycles. The fourth-order valence-electron chi connectivity index (χ4n) is 3.34. The lowest BCUT2D eigenvalue weighted by Crippen LogP contribution is -2.43. The highest BCUT2D eigenvalue weighted by Gasteiger charge is 2.37. The summed E-state index contributed by atoms with van der Waals surface area (Å²) in [5.74, 6) is -3.54. The van der Waals surface area contributed by atoms with Crippen molar-refractivity contribution < 1.29 is 28.8 Å². The molecule has 2 aromatic rings. The molecule has 3 rings (SSSR count). The predicted octanol–water partition coefficient (Wildman–Crippen LogP) is 1.51. The number of hydrogen-bond donors (Lipinski definition) is 2. The number of esters is 1. The molecular weight excluding hydrogens is 432 g/mol. The number of nitrogens with one attached hydrogen (secondary N) is 2. The minimum absolute atomic E-state index is 0.175. The van der Waals surface area contributed by atoms with Crippen LogP contribution in [-0.2, 0) is 19.1 Å². The minimum atomic E-state index is -0.886. The molecule has 11 heteroatoms. The number of benzene rings is 2. The lowest BCUT2D eigenvalue weighted by Gasteiger charge is -2.18. The van der Waals surface area contributed by atoms with Gasteiger partial charge in [-0.25, -0.2) is 0 Å². The zero-order valence-corrected chi connectivity index (χ0v) is 17.7. The van der Waals surface area contributed by atoms with Crippen LogP contribution in [-0.4, -0.2) is 46.8 Å². The molecule has 0 unspecified atom stereocenters. The molecule has 2 atom stereocenters. The molecule has 0 aliphatic carbocycles. The lowest BCUT2D eigenvalue weighted by atomic mass is 10.1. The number of ether oxygens (including phenoxy) is 1. The van der Waals surface area contributed by atoms with Crippen LogP contribution in [0.3, 0.4) is 0 Å². The second kappa shape index (κ2) is 10.4. The van der Waals surface area contributed by atoms with Crippen molar-refractivity contribution in [1.29, 1.82) is 0 Å². The monoisotopic (exact) mass is 454 g/mol. The average Bonchev–Trinajstić information content (AvgIpc) is 3.18. The molecule has 0 saturated carbocycles. The molecular formula is C22H22N4O7. The Kier molecular flexibility index (Phi) is 7.34. The smallest absolute Gasteiger partial charge is 0.311 e. The second-order valence-corrected chi connectivity index (χ2v) is 7.43. The van der Waals surface area contributed by atoms with Gasteiger partial charge in [-0.1, -0.05) is 42.5 Å². The van der Waals surface area contributed by atoms with Crippen LogP contribution >= 0.6 is 0 Å². The van der Waals surface area contributed by atoms with Gasteiger partial charge in [0, 0.05) is 12.5 Å². The summed E-state index contributed by atoms with van der Waals surface area (Å²) in [4.78, 5) is 59.4. The molecule has 11 nitrogen and oxygen atoms in total. The van der Waals surface area contributed by atoms with Crippen molar-refractivity contribution >= 4 is 29.4 Å². The first-order valence-corrected chi connectivity index (χ1v) is 10.1. The van der Waals surface area contributed by atoms with Gasteiger partial charge in [-0.15, -0.1) is 0 Å². The Morgan fingerprint density at radius 3 is 2.52 bits per heavy atom. The van der Waals surface area contributed by atoms with Gasteiger partial charge in [0.15, 0.2) is 6.61 Å². The van der Waals surface area contributed by atoms with Crippen LogP contribution in [0.4, 0.5) is 5.69 Å². The molecule has 1 heterocycles. The summed E-state index contributed by atoms with van der Waals surface area (Å²) in [5.41, 5.74) is 2.55. The Morgan fingerprint density at radius 1 is 1.15 bits per heavy atom. The van der Waals surface area contributed by atoms with Crippen LogP contribution < -0.4 is 10.7 Å². The Labute approximate surface area is 188 Å². The maximum Gasteiger partial charge on any atom is 0.311 e. The predicted molar refractivity (Wildman–Crippen MR) is 114 cm³/mol. The highest BCUT2D eigenvalue weighted by Crippen LogP contribution is 2.21. The van der Waals surface area contributed by atoms with Gasteiger partial charge in [0.2, 0.25) is 5.91 Å². The molecule has 1 saturated heterocycles. The normalized spacial score (nSPS) is 16.1. The molecule has 0 aromatic heterocycles. The van der Waals surface area contributed by atoms with E-state index in [0.29, 0.717) is 0 Å². The van der Waals surface area contributed by atoms with E-state index in [1.165, 1.54) is 24.3 Å². The third-order valence-corrected chi connectivity index (χ3v) is 5.06. The topological polar surface area (TPSA) is 148 Å². The van der Waals surface area contributed by atoms with Crippen LogP contribution in [0.2, 0.25) is 0 Å². The molecule has 0 radical (unpaired) electrons. The largest absolute Gasteiger partial charge is 0.455 e. The number of nitro groups is 1. The van der Waals surface area contributed by atoms with Gasteiger partial charge in [-0.05, 0) is 18.6 Å². The van der Waals surface area contributed by atoms with E-state index in [1.54, 1.807) is 6.92 Å². The number of nitro benzene ring substituents is 1. The Bertz CT molecular complexity index is 1070. The van der Waals surface area contributed by atoms with Gasteiger partial charge < -0.3 is 10.1 Å². The first-order chi connectivity index (χ1) is 15.8. The quantitative estimate of drug-likeness (QED) is 0.349. The summed E-state index contributed by atoms with van der Waals surface area (Å²) in [6, 6.07) is 14.3. The molecule has 1 aliphatic rings. The third kappa shape index (κ3) is 5.91. The Balaban J connectivity index is 1.50. The fourth-order valence-corrected chi connectivity index (χ4v) is 3.34. The maximum atomic E-state index is 12.4. The summed E-state index contributed by atoms with van der Waals surface area (Å²) >= 11 is 0. The van der Waals surface area contributed by atoms with Crippen molar-refractivity contribution in [1.82, 2.24) is 15.8 Å². The standard InChI is InChI=1S/C22H22N4O7/c1-14(15-7-3-2-4-8-15)23-19(27)13-33-22(30)16-11-20(28)25(12-16)24-21(29)17-9-5-6-10-18(17)26(31)32/h2-10,14,16H,11-13H2,1H3,(H,23,27)(H,24,29)/t14-,16-/m1/s1. The van der Waals surface area contributed by atoms with Crippen molar-refractivity contribution in [2.24, 2.45) is 5.92 Å². The Hall–Kier alpha value is -4.28. The third-order valence-electron chi connectivity index (χ3n) is 5.06. The van der Waals surface area contributed by atoms with E-state index in [1.807, 2.05) is 30.3 Å². The molecule has 0 spiro atoms. The molecule has 1 fully saturated rings. The SMILES string of the molecule is C[C@@H](NC(=O)COC(=O)[C@@H]1CC(=O)N(NC(=O)c2ccccc2[N+](=O)[O-])C1)c1ccccc1. The van der Waals surface area contributed by atoms with E-state index < -0.39 is 46.8 Å². The first-order valence-electron chi connectivity index (χ1n) is 10.1. The van der Waals surface area contributed by atoms with Crippen molar-refractivity contribution in [2.45, 2.75) is 19.4 Å². The summed E-state index contributed by atoms with van der Waals surface area (Å²) < 4.78 is 5.03. The molecule has 172 valence electrons. The van der Waals surface area contributed by atoms with E-state index in [4.69, 9.17) is 4.74 Å². The number of amides is 3. The summed E-state index contributed by atoms with van der Waals surface area (Å²) in [6.45, 7) is 1.11. The van der Waals surface area contributed by atoms with Gasteiger partial charge >= 0.3 is 5.97 Å². The van der Waals surface area contributed by atoms with Gasteiger partial charge in [0.1, 0.15) is 5.56 Å². The zero-order chi connectivity index (χ0) is 24.0. The molecule has 2 N–H and O–H groups in total. The van der Waals surface area contributed by atoms with Crippen molar-refractivity contribution in [3.05, 3.63) is 75.8 Å². The summed E-state index contributed by atoms with van der Waals surface area (Å²) in [6.07, 6.45) is -0.224. The highest BCUT2D eigenvalue weighted by atomic mass is 16.6. The maximum absolute atomic E-state index is 12.4. The van der Waals surface area contributed by atoms with Crippen LogP contribution in [0.5, 0.6) is 0 Å². The molecule has 3 amide bonds. The van der Waals surface area contributed by atoms with E-state index in [0.717, 1.165) is 10.6 Å². The van der Waals surface area contributed by atoms with Gasteiger partial charge in [0.25, 0.3) is 17.5 Å². The van der Waals surface area contributed by atoms with Crippen molar-refractivity contribution in [3.63, 3.8) is 0 Å². The highest BCUT2D eigenvalue weighted by molar-refractivity contribution is 5.99. The van der Waals surface area contributed by atoms with Crippen LogP contribution in [0, 0.1) is 16.0 Å². The minimum Gasteiger partial charge on any atom is -0.455 e. The van der Waals surface area contributed by atoms with E-state index in [2.05, 4.69) is 10.7 Å². The van der Waals surface area contributed by atoms with Gasteiger partial charge in [0.05, 0.1) is 23.4 Å². The average molecular weight is 454 g/mol. The van der Waals surface area contributed by atoms with Crippen molar-refractivity contribution in [3.8, 4) is 0 Å². The molecule has 2 aromatic carbocycles. The lowest BCUT2D eigenvalue weighted by molar-refractivity contribution is -0.385. The Morgan fingerprint density at radius 2 is 1.82 bits per heavy atom. The number of carbonyl (C=O) groups excluding carboxylic acids is 4. The second-order valence-electron chi connectivity index (χ2n) is 7.43. The van der Waals surface area contributed by atoms with E-state index >= 15 is 0 Å². The van der Waals surface area contributed by atoms with Crippen LogP contribution in [0.25, 0.3) is 0 Å². The first kappa shape index (κ1) is 23.4. The number of rotatable bonds is 8. The van der Waals surface area contributed by atoms with E-state index in [9.17, 15) is 29.3 Å². The van der Waals surface area contributed by atoms with Crippen molar-refractivity contribution in [2.75, 3.05) is 13.2 Å².